The normalized spacial score (nSPS) is 24.8. The molecule has 0 unspecified atom stereocenters. The Labute approximate surface area is 94.9 Å². The van der Waals surface area contributed by atoms with Crippen LogP contribution in [0.4, 0.5) is 5.69 Å². The summed E-state index contributed by atoms with van der Waals surface area (Å²) in [4.78, 5) is 3.98. The van der Waals surface area contributed by atoms with Crippen LogP contribution in [-0.4, -0.2) is 22.2 Å². The van der Waals surface area contributed by atoms with Gasteiger partial charge in [0, 0.05) is 0 Å². The van der Waals surface area contributed by atoms with Crippen molar-refractivity contribution in [2.45, 2.75) is 37.8 Å². The lowest BCUT2D eigenvalue weighted by Crippen LogP contribution is -2.36. The smallest absolute Gasteiger partial charge is 0.140 e. The van der Waals surface area contributed by atoms with Crippen molar-refractivity contribution in [3.63, 3.8) is 0 Å². The molecule has 0 radical (unpaired) electrons. The van der Waals surface area contributed by atoms with Gasteiger partial charge in [0.2, 0.25) is 0 Å². The Hall–Kier alpha value is -1.60. The third kappa shape index (κ3) is 2.50. The fourth-order valence-corrected chi connectivity index (χ4v) is 2.04. The highest BCUT2D eigenvalue weighted by Gasteiger charge is 2.22. The number of rotatable bonds is 2. The summed E-state index contributed by atoms with van der Waals surface area (Å²) in [5, 5.41) is 21.7. The van der Waals surface area contributed by atoms with Crippen molar-refractivity contribution in [1.82, 2.24) is 4.98 Å². The molecular weight excluding hydrogens is 202 g/mol. The average Bonchev–Trinajstić information content (AvgIpc) is 2.33. The van der Waals surface area contributed by atoms with Gasteiger partial charge in [0.1, 0.15) is 11.8 Å². The summed E-state index contributed by atoms with van der Waals surface area (Å²) in [5.41, 5.74) is 1.28. The number of hydrogen-bond donors (Lipinski definition) is 2. The van der Waals surface area contributed by atoms with Crippen LogP contribution in [-0.2, 0) is 0 Å². The molecule has 4 heteroatoms. The molecule has 0 aliphatic heterocycles. The van der Waals surface area contributed by atoms with Gasteiger partial charge in [0.05, 0.1) is 24.0 Å². The summed E-state index contributed by atoms with van der Waals surface area (Å²) in [7, 11) is 0. The van der Waals surface area contributed by atoms with E-state index in [1.54, 1.807) is 12.3 Å². The van der Waals surface area contributed by atoms with Gasteiger partial charge in [-0.3, -0.25) is 0 Å². The predicted molar refractivity (Wildman–Crippen MR) is 60.8 cm³/mol. The number of nitrogens with one attached hydrogen (secondary N) is 1. The van der Waals surface area contributed by atoms with Gasteiger partial charge in [0.25, 0.3) is 0 Å². The van der Waals surface area contributed by atoms with Gasteiger partial charge in [-0.2, -0.15) is 5.26 Å². The molecular formula is C12H15N3O. The molecule has 0 saturated heterocycles. The Morgan fingerprint density at radius 2 is 2.19 bits per heavy atom. The van der Waals surface area contributed by atoms with Crippen LogP contribution < -0.4 is 5.32 Å². The Morgan fingerprint density at radius 3 is 2.81 bits per heavy atom. The first-order chi connectivity index (χ1) is 7.79. The summed E-state index contributed by atoms with van der Waals surface area (Å²) in [6.07, 6.45) is 5.47. The fourth-order valence-electron chi connectivity index (χ4n) is 2.04. The lowest BCUT2D eigenvalue weighted by atomic mass is 9.92. The first-order valence-corrected chi connectivity index (χ1v) is 5.60. The topological polar surface area (TPSA) is 68.9 Å². The molecule has 2 rings (SSSR count). The van der Waals surface area contributed by atoms with E-state index >= 15 is 0 Å². The van der Waals surface area contributed by atoms with Crippen molar-refractivity contribution in [3.8, 4) is 6.07 Å². The van der Waals surface area contributed by atoms with E-state index < -0.39 is 0 Å². The standard InChI is InChI=1S/C12H15N3O/c13-7-9-5-6-10(8-14-9)15-11-3-1-2-4-12(11)16/h5-6,8,11-12,15-16H,1-4H2/t11-,12-/m1/s1. The maximum atomic E-state index is 9.80. The third-order valence-corrected chi connectivity index (χ3v) is 2.96. The molecule has 0 amide bonds. The molecule has 0 aromatic carbocycles. The number of aliphatic hydroxyl groups excluding tert-OH is 1. The first-order valence-electron chi connectivity index (χ1n) is 5.60. The molecule has 84 valence electrons. The molecule has 1 aromatic heterocycles. The van der Waals surface area contributed by atoms with Gasteiger partial charge in [0.15, 0.2) is 0 Å². The van der Waals surface area contributed by atoms with E-state index in [0.29, 0.717) is 5.69 Å². The molecule has 1 aromatic rings. The van der Waals surface area contributed by atoms with Crippen molar-refractivity contribution in [2.24, 2.45) is 0 Å². The van der Waals surface area contributed by atoms with E-state index in [9.17, 15) is 5.11 Å². The monoisotopic (exact) mass is 217 g/mol. The molecule has 2 N–H and O–H groups in total. The van der Waals surface area contributed by atoms with Gasteiger partial charge in [-0.05, 0) is 25.0 Å². The second kappa shape index (κ2) is 4.95. The second-order valence-corrected chi connectivity index (χ2v) is 4.15. The lowest BCUT2D eigenvalue weighted by molar-refractivity contribution is 0.116. The van der Waals surface area contributed by atoms with Crippen LogP contribution in [0.5, 0.6) is 0 Å². The molecule has 1 aliphatic carbocycles. The Morgan fingerprint density at radius 1 is 1.38 bits per heavy atom. The average molecular weight is 217 g/mol. The van der Waals surface area contributed by atoms with Gasteiger partial charge < -0.3 is 10.4 Å². The van der Waals surface area contributed by atoms with Crippen LogP contribution >= 0.6 is 0 Å². The van der Waals surface area contributed by atoms with Crippen molar-refractivity contribution in [2.75, 3.05) is 5.32 Å². The van der Waals surface area contributed by atoms with E-state index in [0.717, 1.165) is 31.4 Å². The molecule has 1 saturated carbocycles. The second-order valence-electron chi connectivity index (χ2n) is 4.15. The van der Waals surface area contributed by atoms with E-state index in [-0.39, 0.29) is 12.1 Å². The quantitative estimate of drug-likeness (QED) is 0.790. The van der Waals surface area contributed by atoms with Gasteiger partial charge >= 0.3 is 0 Å². The number of anilines is 1. The number of nitriles is 1. The molecule has 4 nitrogen and oxygen atoms in total. The highest BCUT2D eigenvalue weighted by molar-refractivity contribution is 5.43. The summed E-state index contributed by atoms with van der Waals surface area (Å²) in [6.45, 7) is 0. The molecule has 0 spiro atoms. The van der Waals surface area contributed by atoms with E-state index in [1.165, 1.54) is 0 Å². The van der Waals surface area contributed by atoms with Crippen molar-refractivity contribution in [3.05, 3.63) is 24.0 Å². The van der Waals surface area contributed by atoms with Gasteiger partial charge in [-0.25, -0.2) is 4.98 Å². The van der Waals surface area contributed by atoms with Crippen LogP contribution in [0.1, 0.15) is 31.4 Å². The Balaban J connectivity index is 2.00. The molecule has 1 heterocycles. The number of hydrogen-bond acceptors (Lipinski definition) is 4. The molecule has 1 aliphatic rings. The minimum atomic E-state index is -0.274. The van der Waals surface area contributed by atoms with Gasteiger partial charge in [-0.15, -0.1) is 0 Å². The fraction of sp³-hybridized carbons (Fsp3) is 0.500. The highest BCUT2D eigenvalue weighted by atomic mass is 16.3. The predicted octanol–water partition coefficient (Wildman–Crippen LogP) is 1.67. The van der Waals surface area contributed by atoms with Crippen LogP contribution in [0.25, 0.3) is 0 Å². The molecule has 1 fully saturated rings. The SMILES string of the molecule is N#Cc1ccc(N[C@@H]2CCCC[C@H]2O)cn1. The number of nitrogens with zero attached hydrogens (tertiary/aromatic N) is 2. The lowest BCUT2D eigenvalue weighted by Gasteiger charge is -2.29. The molecule has 0 bridgehead atoms. The molecule has 16 heavy (non-hydrogen) atoms. The zero-order chi connectivity index (χ0) is 11.4. The van der Waals surface area contributed by atoms with Crippen molar-refractivity contribution < 1.29 is 5.11 Å². The van der Waals surface area contributed by atoms with Crippen LogP contribution in [0.3, 0.4) is 0 Å². The van der Waals surface area contributed by atoms with Crippen LogP contribution in [0, 0.1) is 11.3 Å². The number of aliphatic hydroxyl groups is 1. The first kappa shape index (κ1) is 10.9. The largest absolute Gasteiger partial charge is 0.391 e. The van der Waals surface area contributed by atoms with E-state index in [2.05, 4.69) is 10.3 Å². The van der Waals surface area contributed by atoms with Crippen LogP contribution in [0.15, 0.2) is 18.3 Å². The zero-order valence-electron chi connectivity index (χ0n) is 9.06. The van der Waals surface area contributed by atoms with E-state index in [1.807, 2.05) is 12.1 Å². The Bertz CT molecular complexity index is 382. The number of pyridine rings is 1. The molecule has 2 atom stereocenters. The zero-order valence-corrected chi connectivity index (χ0v) is 9.06. The highest BCUT2D eigenvalue weighted by Crippen LogP contribution is 2.21. The summed E-state index contributed by atoms with van der Waals surface area (Å²) in [6, 6.07) is 5.60. The summed E-state index contributed by atoms with van der Waals surface area (Å²) >= 11 is 0. The number of aromatic nitrogens is 1. The minimum absolute atomic E-state index is 0.114. The third-order valence-electron chi connectivity index (χ3n) is 2.96. The summed E-state index contributed by atoms with van der Waals surface area (Å²) < 4.78 is 0. The maximum Gasteiger partial charge on any atom is 0.140 e. The summed E-state index contributed by atoms with van der Waals surface area (Å²) in [5.74, 6) is 0. The Kier molecular flexibility index (Phi) is 3.37. The van der Waals surface area contributed by atoms with Gasteiger partial charge in [-0.1, -0.05) is 12.8 Å². The van der Waals surface area contributed by atoms with Crippen molar-refractivity contribution in [1.29, 1.82) is 5.26 Å². The minimum Gasteiger partial charge on any atom is -0.391 e. The van der Waals surface area contributed by atoms with E-state index in [4.69, 9.17) is 5.26 Å². The van der Waals surface area contributed by atoms with Crippen molar-refractivity contribution >= 4 is 5.69 Å². The van der Waals surface area contributed by atoms with Crippen LogP contribution in [0.2, 0.25) is 0 Å². The maximum absolute atomic E-state index is 9.80.